The molecule has 0 N–H and O–H groups in total. The monoisotopic (exact) mass is 326 g/mol. The van der Waals surface area contributed by atoms with Crippen LogP contribution in [0.15, 0.2) is 42.5 Å². The molecule has 2 aromatic carbocycles. The predicted octanol–water partition coefficient (Wildman–Crippen LogP) is 5.47. The lowest BCUT2D eigenvalue weighted by Crippen LogP contribution is -1.96. The fourth-order valence-electron chi connectivity index (χ4n) is 1.79. The quantitative estimate of drug-likeness (QED) is 0.656. The van der Waals surface area contributed by atoms with Crippen LogP contribution < -0.4 is 0 Å². The van der Waals surface area contributed by atoms with Gasteiger partial charge in [-0.05, 0) is 48.2 Å². The maximum absolute atomic E-state index is 13.1. The topological polar surface area (TPSA) is 0 Å². The Kier molecular flexibility index (Phi) is 4.41. The van der Waals surface area contributed by atoms with E-state index in [0.717, 1.165) is 28.1 Å². The van der Waals surface area contributed by atoms with Gasteiger partial charge in [0.25, 0.3) is 0 Å². The van der Waals surface area contributed by atoms with E-state index in [1.54, 1.807) is 12.1 Å². The molecule has 1 unspecified atom stereocenters. The van der Waals surface area contributed by atoms with Crippen LogP contribution in [-0.4, -0.2) is 0 Å². The average molecular weight is 328 g/mol. The first-order valence-corrected chi connectivity index (χ1v) is 7.00. The molecule has 0 saturated carbocycles. The highest BCUT2D eigenvalue weighted by Crippen LogP contribution is 2.30. The second-order valence-electron chi connectivity index (χ2n) is 4.31. The molecule has 0 radical (unpaired) electrons. The van der Waals surface area contributed by atoms with Gasteiger partial charge in [-0.3, -0.25) is 0 Å². The molecule has 94 valence electrons. The molecule has 0 spiro atoms. The minimum atomic E-state index is -0.200. The fourth-order valence-corrected chi connectivity index (χ4v) is 2.64. The molecular weight excluding hydrogens is 315 g/mol. The predicted molar refractivity (Wildman–Crippen MR) is 78.0 cm³/mol. The van der Waals surface area contributed by atoms with Crippen molar-refractivity contribution in [1.29, 1.82) is 0 Å². The summed E-state index contributed by atoms with van der Waals surface area (Å²) in [6, 6.07) is 12.7. The van der Waals surface area contributed by atoms with E-state index in [1.807, 2.05) is 31.2 Å². The van der Waals surface area contributed by atoms with Gasteiger partial charge in [0, 0.05) is 9.85 Å². The average Bonchev–Trinajstić information content (AvgIpc) is 2.32. The smallest absolute Gasteiger partial charge is 0.123 e. The van der Waals surface area contributed by atoms with Crippen LogP contribution in [0.4, 0.5) is 4.39 Å². The van der Waals surface area contributed by atoms with E-state index in [2.05, 4.69) is 15.9 Å². The molecule has 0 heterocycles. The van der Waals surface area contributed by atoms with Crippen LogP contribution in [0, 0.1) is 12.7 Å². The summed E-state index contributed by atoms with van der Waals surface area (Å²) in [7, 11) is 0. The second kappa shape index (κ2) is 5.85. The van der Waals surface area contributed by atoms with E-state index < -0.39 is 0 Å². The highest BCUT2D eigenvalue weighted by molar-refractivity contribution is 9.09. The fraction of sp³-hybridized carbons (Fsp3) is 0.200. The van der Waals surface area contributed by atoms with Crippen LogP contribution in [0.1, 0.15) is 21.5 Å². The van der Waals surface area contributed by atoms with Crippen LogP contribution in [0.5, 0.6) is 0 Å². The van der Waals surface area contributed by atoms with Gasteiger partial charge in [0.1, 0.15) is 5.82 Å². The van der Waals surface area contributed by atoms with Crippen molar-refractivity contribution in [2.24, 2.45) is 0 Å². The van der Waals surface area contributed by atoms with Gasteiger partial charge < -0.3 is 0 Å². The zero-order chi connectivity index (χ0) is 13.1. The lowest BCUT2D eigenvalue weighted by molar-refractivity contribution is 0.625. The molecule has 0 saturated heterocycles. The van der Waals surface area contributed by atoms with Gasteiger partial charge >= 0.3 is 0 Å². The van der Waals surface area contributed by atoms with Gasteiger partial charge in [0.05, 0.1) is 0 Å². The van der Waals surface area contributed by atoms with Crippen LogP contribution in [0.3, 0.4) is 0 Å². The SMILES string of the molecule is Cc1ccc(C(Br)Cc2cccc(F)c2)cc1Cl. The Morgan fingerprint density at radius 1 is 1.22 bits per heavy atom. The summed E-state index contributed by atoms with van der Waals surface area (Å²) in [6.45, 7) is 1.97. The van der Waals surface area contributed by atoms with E-state index in [1.165, 1.54) is 6.07 Å². The van der Waals surface area contributed by atoms with Crippen molar-refractivity contribution in [1.82, 2.24) is 0 Å². The Bertz CT molecular complexity index is 554. The Hall–Kier alpha value is -0.860. The second-order valence-corrected chi connectivity index (χ2v) is 5.82. The van der Waals surface area contributed by atoms with E-state index >= 15 is 0 Å². The lowest BCUT2D eigenvalue weighted by atomic mass is 10.0. The van der Waals surface area contributed by atoms with Crippen LogP contribution >= 0.6 is 27.5 Å². The molecular formula is C15H13BrClF. The highest BCUT2D eigenvalue weighted by Gasteiger charge is 2.10. The molecule has 3 heteroatoms. The third-order valence-electron chi connectivity index (χ3n) is 2.86. The first-order chi connectivity index (χ1) is 8.56. The van der Waals surface area contributed by atoms with Gasteiger partial charge in [-0.2, -0.15) is 0 Å². The van der Waals surface area contributed by atoms with E-state index in [-0.39, 0.29) is 10.6 Å². The Morgan fingerprint density at radius 3 is 2.67 bits per heavy atom. The molecule has 18 heavy (non-hydrogen) atoms. The molecule has 2 aromatic rings. The minimum absolute atomic E-state index is 0.136. The molecule has 1 atom stereocenters. The van der Waals surface area contributed by atoms with Crippen LogP contribution in [0.2, 0.25) is 5.02 Å². The third kappa shape index (κ3) is 3.33. The van der Waals surface area contributed by atoms with Gasteiger partial charge in [0.2, 0.25) is 0 Å². The summed E-state index contributed by atoms with van der Waals surface area (Å²) in [5.74, 6) is -0.200. The standard InChI is InChI=1S/C15H13BrClF/c1-10-5-6-12(9-15(10)17)14(16)8-11-3-2-4-13(18)7-11/h2-7,9,14H,8H2,1H3. The largest absolute Gasteiger partial charge is 0.207 e. The number of hydrogen-bond acceptors (Lipinski definition) is 0. The van der Waals surface area contributed by atoms with Crippen LogP contribution in [-0.2, 0) is 6.42 Å². The molecule has 0 aliphatic carbocycles. The van der Waals surface area contributed by atoms with Crippen molar-refractivity contribution in [3.05, 3.63) is 70.0 Å². The summed E-state index contributed by atoms with van der Waals surface area (Å²) < 4.78 is 13.1. The summed E-state index contributed by atoms with van der Waals surface area (Å²) in [4.78, 5) is 0.136. The Balaban J connectivity index is 2.16. The Labute approximate surface area is 120 Å². The summed E-state index contributed by atoms with van der Waals surface area (Å²) in [6.07, 6.45) is 0.733. The van der Waals surface area contributed by atoms with E-state index in [4.69, 9.17) is 11.6 Å². The van der Waals surface area contributed by atoms with Gasteiger partial charge in [0.15, 0.2) is 0 Å². The summed E-state index contributed by atoms with van der Waals surface area (Å²) in [5, 5.41) is 0.760. The molecule has 0 fully saturated rings. The number of rotatable bonds is 3. The molecule has 0 aromatic heterocycles. The first-order valence-electron chi connectivity index (χ1n) is 5.71. The van der Waals surface area contributed by atoms with Crippen molar-refractivity contribution in [3.8, 4) is 0 Å². The number of halogens is 3. The molecule has 0 bridgehead atoms. The van der Waals surface area contributed by atoms with Crippen molar-refractivity contribution in [2.45, 2.75) is 18.2 Å². The van der Waals surface area contributed by atoms with Crippen molar-refractivity contribution < 1.29 is 4.39 Å². The number of hydrogen-bond donors (Lipinski definition) is 0. The molecule has 0 nitrogen and oxygen atoms in total. The van der Waals surface area contributed by atoms with Crippen molar-refractivity contribution in [2.75, 3.05) is 0 Å². The number of benzene rings is 2. The number of alkyl halides is 1. The van der Waals surface area contributed by atoms with E-state index in [0.29, 0.717) is 0 Å². The van der Waals surface area contributed by atoms with Crippen LogP contribution in [0.25, 0.3) is 0 Å². The normalized spacial score (nSPS) is 12.4. The van der Waals surface area contributed by atoms with Crippen molar-refractivity contribution >= 4 is 27.5 Å². The zero-order valence-corrected chi connectivity index (χ0v) is 12.3. The maximum Gasteiger partial charge on any atom is 0.123 e. The minimum Gasteiger partial charge on any atom is -0.207 e. The molecule has 2 rings (SSSR count). The van der Waals surface area contributed by atoms with Crippen molar-refractivity contribution in [3.63, 3.8) is 0 Å². The Morgan fingerprint density at radius 2 is 2.00 bits per heavy atom. The zero-order valence-electron chi connectivity index (χ0n) is 9.96. The third-order valence-corrected chi connectivity index (χ3v) is 4.12. The number of aryl methyl sites for hydroxylation is 1. The molecule has 0 aliphatic rings. The first kappa shape index (κ1) is 13.6. The van der Waals surface area contributed by atoms with E-state index in [9.17, 15) is 4.39 Å². The lowest BCUT2D eigenvalue weighted by Gasteiger charge is -2.11. The maximum atomic E-state index is 13.1. The summed E-state index contributed by atoms with van der Waals surface area (Å²) in [5.41, 5.74) is 3.13. The highest BCUT2D eigenvalue weighted by atomic mass is 79.9. The molecule has 0 amide bonds. The van der Waals surface area contributed by atoms with Gasteiger partial charge in [-0.1, -0.05) is 51.8 Å². The summed E-state index contributed by atoms with van der Waals surface area (Å²) >= 11 is 9.73. The van der Waals surface area contributed by atoms with Gasteiger partial charge in [-0.15, -0.1) is 0 Å². The van der Waals surface area contributed by atoms with Gasteiger partial charge in [-0.25, -0.2) is 4.39 Å². The molecule has 0 aliphatic heterocycles.